The van der Waals surface area contributed by atoms with Gasteiger partial charge < -0.3 is 20.4 Å². The highest BCUT2D eigenvalue weighted by atomic mass is 19.1. The van der Waals surface area contributed by atoms with Crippen molar-refractivity contribution in [2.75, 3.05) is 0 Å². The number of aromatic hydroxyl groups is 4. The summed E-state index contributed by atoms with van der Waals surface area (Å²) >= 11 is 0. The van der Waals surface area contributed by atoms with Gasteiger partial charge in [-0.25, -0.2) is 8.78 Å². The number of phenols is 4. The van der Waals surface area contributed by atoms with Gasteiger partial charge in [0.1, 0.15) is 34.4 Å². The third-order valence-corrected chi connectivity index (χ3v) is 3.52. The maximum Gasteiger partial charge on any atom is 0.163 e. The second kappa shape index (κ2) is 7.66. The Kier molecular flexibility index (Phi) is 5.12. The van der Waals surface area contributed by atoms with Crippen molar-refractivity contribution in [3.05, 3.63) is 60.2 Å². The first-order valence-corrected chi connectivity index (χ1v) is 7.71. The number of nitrogens with zero attached hydrogens (tertiary/aromatic N) is 4. The van der Waals surface area contributed by atoms with Crippen LogP contribution in [0.25, 0.3) is 0 Å². The summed E-state index contributed by atoms with van der Waals surface area (Å²) in [7, 11) is 0. The van der Waals surface area contributed by atoms with Crippen LogP contribution in [0.3, 0.4) is 0 Å². The van der Waals surface area contributed by atoms with Crippen LogP contribution in [0.5, 0.6) is 23.0 Å². The normalized spacial score (nSPS) is 11.5. The molecule has 0 aliphatic carbocycles. The topological polar surface area (TPSA) is 130 Å². The molecular formula is C18H12F2N4O4. The van der Waals surface area contributed by atoms with Crippen LogP contribution in [-0.2, 0) is 0 Å². The Hall–Kier alpha value is -4.08. The van der Waals surface area contributed by atoms with E-state index in [4.69, 9.17) is 0 Å². The Morgan fingerprint density at radius 1 is 0.536 bits per heavy atom. The Balaban J connectivity index is 1.97. The molecule has 0 spiro atoms. The number of phenolic OH excluding ortho intramolecular Hbond substituents is 4. The van der Waals surface area contributed by atoms with Gasteiger partial charge in [0.15, 0.2) is 23.0 Å². The maximum absolute atomic E-state index is 13.7. The lowest BCUT2D eigenvalue weighted by Crippen LogP contribution is -1.77. The molecule has 0 amide bonds. The summed E-state index contributed by atoms with van der Waals surface area (Å²) < 4.78 is 27.3. The largest absolute Gasteiger partial charge is 0.506 e. The lowest BCUT2D eigenvalue weighted by atomic mass is 10.2. The van der Waals surface area contributed by atoms with Crippen LogP contribution < -0.4 is 0 Å². The van der Waals surface area contributed by atoms with Gasteiger partial charge in [0.05, 0.1) is 0 Å². The fraction of sp³-hybridized carbons (Fsp3) is 0. The molecule has 0 aliphatic heterocycles. The lowest BCUT2D eigenvalue weighted by molar-refractivity contribution is 0.451. The van der Waals surface area contributed by atoms with Crippen LogP contribution >= 0.6 is 0 Å². The molecule has 0 unspecified atom stereocenters. The van der Waals surface area contributed by atoms with E-state index in [1.54, 1.807) is 0 Å². The molecular weight excluding hydrogens is 374 g/mol. The van der Waals surface area contributed by atoms with E-state index >= 15 is 0 Å². The van der Waals surface area contributed by atoms with Gasteiger partial charge in [-0.2, -0.15) is 0 Å². The van der Waals surface area contributed by atoms with Gasteiger partial charge in [0, 0.05) is 12.1 Å². The summed E-state index contributed by atoms with van der Waals surface area (Å²) in [5.41, 5.74) is -1.36. The number of benzene rings is 3. The first kappa shape index (κ1) is 18.7. The van der Waals surface area contributed by atoms with E-state index in [2.05, 4.69) is 20.5 Å². The summed E-state index contributed by atoms with van der Waals surface area (Å²) in [6.45, 7) is 0. The summed E-state index contributed by atoms with van der Waals surface area (Å²) in [4.78, 5) is 0. The van der Waals surface area contributed by atoms with Crippen LogP contribution in [0.2, 0.25) is 0 Å². The highest BCUT2D eigenvalue weighted by Crippen LogP contribution is 2.41. The van der Waals surface area contributed by atoms with Crippen molar-refractivity contribution in [3.8, 4) is 23.0 Å². The van der Waals surface area contributed by atoms with Crippen molar-refractivity contribution < 1.29 is 29.2 Å². The molecule has 0 fully saturated rings. The standard InChI is InChI=1S/C18H12F2N4O4/c19-9-3-1-5-13(25)17(9)23-21-11-7-12(16(28)8-15(11)27)22-24-18-10(20)4-2-6-14(18)26/h1-8,25-28H. The van der Waals surface area contributed by atoms with Crippen LogP contribution in [0, 0.1) is 11.6 Å². The molecule has 0 aromatic heterocycles. The molecule has 0 heterocycles. The Labute approximate surface area is 156 Å². The van der Waals surface area contributed by atoms with Gasteiger partial charge in [0.25, 0.3) is 0 Å². The zero-order valence-corrected chi connectivity index (χ0v) is 14.0. The molecule has 3 rings (SSSR count). The number of halogens is 2. The van der Waals surface area contributed by atoms with Crippen molar-refractivity contribution in [2.45, 2.75) is 0 Å². The van der Waals surface area contributed by atoms with E-state index < -0.39 is 46.0 Å². The van der Waals surface area contributed by atoms with E-state index in [-0.39, 0.29) is 11.4 Å². The van der Waals surface area contributed by atoms with Crippen LogP contribution in [0.15, 0.2) is 69.0 Å². The van der Waals surface area contributed by atoms with Gasteiger partial charge in [0.2, 0.25) is 0 Å². The zero-order valence-electron chi connectivity index (χ0n) is 14.0. The lowest BCUT2D eigenvalue weighted by Gasteiger charge is -2.04. The van der Waals surface area contributed by atoms with E-state index in [0.29, 0.717) is 0 Å². The molecule has 4 N–H and O–H groups in total. The predicted molar refractivity (Wildman–Crippen MR) is 94.3 cm³/mol. The van der Waals surface area contributed by atoms with Crippen molar-refractivity contribution in [2.24, 2.45) is 20.5 Å². The second-order valence-electron chi connectivity index (χ2n) is 5.44. The quantitative estimate of drug-likeness (QED) is 0.434. The van der Waals surface area contributed by atoms with E-state index in [1.165, 1.54) is 24.3 Å². The molecule has 0 aliphatic rings. The maximum atomic E-state index is 13.7. The highest BCUT2D eigenvalue weighted by molar-refractivity contribution is 5.66. The molecule has 28 heavy (non-hydrogen) atoms. The van der Waals surface area contributed by atoms with Crippen molar-refractivity contribution in [1.29, 1.82) is 0 Å². The van der Waals surface area contributed by atoms with Crippen molar-refractivity contribution in [1.82, 2.24) is 0 Å². The first-order valence-electron chi connectivity index (χ1n) is 7.71. The van der Waals surface area contributed by atoms with Gasteiger partial charge in [-0.3, -0.25) is 0 Å². The van der Waals surface area contributed by atoms with Crippen LogP contribution in [-0.4, -0.2) is 20.4 Å². The molecule has 0 bridgehead atoms. The van der Waals surface area contributed by atoms with Gasteiger partial charge in [-0.05, 0) is 24.3 Å². The monoisotopic (exact) mass is 386 g/mol. The molecule has 142 valence electrons. The summed E-state index contributed by atoms with van der Waals surface area (Å²) in [5, 5.41) is 53.3. The fourth-order valence-electron chi connectivity index (χ4n) is 2.13. The number of hydrogen-bond acceptors (Lipinski definition) is 8. The highest BCUT2D eigenvalue weighted by Gasteiger charge is 2.12. The Bertz CT molecular complexity index is 980. The third kappa shape index (κ3) is 3.85. The zero-order chi connectivity index (χ0) is 20.3. The van der Waals surface area contributed by atoms with Crippen molar-refractivity contribution >= 4 is 22.7 Å². The molecule has 0 atom stereocenters. The van der Waals surface area contributed by atoms with E-state index in [9.17, 15) is 29.2 Å². The Morgan fingerprint density at radius 3 is 1.36 bits per heavy atom. The van der Waals surface area contributed by atoms with Gasteiger partial charge in [-0.1, -0.05) is 12.1 Å². The minimum Gasteiger partial charge on any atom is -0.506 e. The summed E-state index contributed by atoms with van der Waals surface area (Å²) in [6.07, 6.45) is 0. The molecule has 0 saturated heterocycles. The summed E-state index contributed by atoms with van der Waals surface area (Å²) in [6, 6.07) is 9.01. The molecule has 0 saturated carbocycles. The minimum atomic E-state index is -0.836. The number of hydrogen-bond donors (Lipinski definition) is 4. The third-order valence-electron chi connectivity index (χ3n) is 3.52. The first-order chi connectivity index (χ1) is 13.4. The molecule has 3 aromatic rings. The fourth-order valence-corrected chi connectivity index (χ4v) is 2.13. The van der Waals surface area contributed by atoms with Gasteiger partial charge >= 0.3 is 0 Å². The predicted octanol–water partition coefficient (Wildman–Crippen LogP) is 5.62. The SMILES string of the molecule is Oc1cc(O)c(N=Nc2c(O)cccc2F)cc1N=Nc1c(O)cccc1F. The smallest absolute Gasteiger partial charge is 0.163 e. The average Bonchev–Trinajstić information content (AvgIpc) is 2.63. The molecule has 0 radical (unpaired) electrons. The number of azo groups is 2. The van der Waals surface area contributed by atoms with E-state index in [0.717, 1.165) is 24.3 Å². The molecule has 3 aromatic carbocycles. The summed E-state index contributed by atoms with van der Waals surface area (Å²) in [5.74, 6) is -3.61. The van der Waals surface area contributed by atoms with Crippen molar-refractivity contribution in [3.63, 3.8) is 0 Å². The van der Waals surface area contributed by atoms with Gasteiger partial charge in [-0.15, -0.1) is 20.5 Å². The Morgan fingerprint density at radius 2 is 0.964 bits per heavy atom. The molecule has 10 heteroatoms. The molecule has 8 nitrogen and oxygen atoms in total. The number of rotatable bonds is 4. The van der Waals surface area contributed by atoms with E-state index in [1.807, 2.05) is 0 Å². The van der Waals surface area contributed by atoms with Crippen LogP contribution in [0.4, 0.5) is 31.5 Å². The average molecular weight is 386 g/mol. The van der Waals surface area contributed by atoms with Crippen LogP contribution in [0.1, 0.15) is 0 Å². The second-order valence-corrected chi connectivity index (χ2v) is 5.44. The minimum absolute atomic E-state index is 0.229.